The number of nitrogens with two attached hydrogens (primary N) is 1. The Morgan fingerprint density at radius 1 is 1.46 bits per heavy atom. The molecule has 0 aliphatic heterocycles. The normalized spacial score (nSPS) is 10.6. The molecule has 2 N–H and O–H groups in total. The van der Waals surface area contributed by atoms with Gasteiger partial charge in [0.25, 0.3) is 0 Å². The van der Waals surface area contributed by atoms with Gasteiger partial charge in [-0.05, 0) is 6.07 Å². The van der Waals surface area contributed by atoms with E-state index in [1.165, 1.54) is 0 Å². The number of nitrogen functional groups attached to an aromatic ring is 1. The molecule has 2 aromatic rings. The topological polar surface area (TPSA) is 53.1 Å². The van der Waals surface area contributed by atoms with Gasteiger partial charge in [0.1, 0.15) is 5.75 Å². The van der Waals surface area contributed by atoms with Crippen molar-refractivity contribution in [1.29, 1.82) is 0 Å². The van der Waals surface area contributed by atoms with E-state index in [2.05, 4.69) is 5.10 Å². The maximum atomic E-state index is 5.84. The van der Waals surface area contributed by atoms with Crippen molar-refractivity contribution in [3.05, 3.63) is 18.3 Å². The Morgan fingerprint density at radius 3 is 2.92 bits per heavy atom. The molecule has 0 bridgehead atoms. The molecule has 0 aliphatic rings. The van der Waals surface area contributed by atoms with Crippen molar-refractivity contribution in [2.75, 3.05) is 12.8 Å². The zero-order valence-electron chi connectivity index (χ0n) is 7.61. The molecule has 0 aliphatic carbocycles. The molecule has 0 unspecified atom stereocenters. The second-order valence-corrected chi connectivity index (χ2v) is 2.92. The molecule has 0 radical (unpaired) electrons. The average Bonchev–Trinajstić information content (AvgIpc) is 2.48. The van der Waals surface area contributed by atoms with E-state index in [-0.39, 0.29) is 0 Å². The summed E-state index contributed by atoms with van der Waals surface area (Å²) in [6, 6.07) is 3.71. The molecule has 0 spiro atoms. The molecule has 0 saturated heterocycles. The van der Waals surface area contributed by atoms with Crippen LogP contribution in [0.1, 0.15) is 0 Å². The summed E-state index contributed by atoms with van der Waals surface area (Å²) >= 11 is 0. The molecule has 1 aromatic carbocycles. The molecule has 4 nitrogen and oxygen atoms in total. The van der Waals surface area contributed by atoms with E-state index < -0.39 is 0 Å². The third-order valence-electron chi connectivity index (χ3n) is 2.07. The molecule has 0 amide bonds. The quantitative estimate of drug-likeness (QED) is 0.665. The highest BCUT2D eigenvalue weighted by molar-refractivity contribution is 5.91. The highest BCUT2D eigenvalue weighted by Crippen LogP contribution is 2.26. The highest BCUT2D eigenvalue weighted by Gasteiger charge is 2.05. The number of rotatable bonds is 1. The Kier molecular flexibility index (Phi) is 1.62. The Morgan fingerprint density at radius 2 is 2.23 bits per heavy atom. The second-order valence-electron chi connectivity index (χ2n) is 2.92. The number of nitrogens with zero attached hydrogens (tertiary/aromatic N) is 2. The van der Waals surface area contributed by atoms with Gasteiger partial charge in [-0.2, -0.15) is 5.10 Å². The van der Waals surface area contributed by atoms with Crippen LogP contribution in [0, 0.1) is 0 Å². The highest BCUT2D eigenvalue weighted by atomic mass is 16.5. The van der Waals surface area contributed by atoms with Gasteiger partial charge < -0.3 is 10.5 Å². The van der Waals surface area contributed by atoms with Crippen LogP contribution in [-0.2, 0) is 7.05 Å². The van der Waals surface area contributed by atoms with Gasteiger partial charge in [0.15, 0.2) is 0 Å². The summed E-state index contributed by atoms with van der Waals surface area (Å²) in [6.07, 6.45) is 1.77. The molecule has 0 saturated carbocycles. The van der Waals surface area contributed by atoms with Crippen LogP contribution in [0.25, 0.3) is 10.9 Å². The smallest absolute Gasteiger partial charge is 0.121 e. The zero-order chi connectivity index (χ0) is 9.42. The molecule has 68 valence electrons. The van der Waals surface area contributed by atoms with Crippen molar-refractivity contribution in [3.8, 4) is 5.75 Å². The van der Waals surface area contributed by atoms with Gasteiger partial charge in [0.2, 0.25) is 0 Å². The maximum absolute atomic E-state index is 5.84. The number of methoxy groups -OCH3 is 1. The number of benzene rings is 1. The van der Waals surface area contributed by atoms with Crippen LogP contribution in [0.5, 0.6) is 5.75 Å². The SMILES string of the molecule is COc1cc(N)c2c(cnn2C)c1. The molecular formula is C9H11N3O. The number of hydrogen-bond donors (Lipinski definition) is 1. The van der Waals surface area contributed by atoms with E-state index in [0.29, 0.717) is 5.69 Å². The lowest BCUT2D eigenvalue weighted by Gasteiger charge is -2.03. The predicted molar refractivity (Wildman–Crippen MR) is 51.7 cm³/mol. The predicted octanol–water partition coefficient (Wildman–Crippen LogP) is 1.16. The average molecular weight is 177 g/mol. The van der Waals surface area contributed by atoms with Crippen LogP contribution in [0.3, 0.4) is 0 Å². The minimum atomic E-state index is 0.689. The number of hydrogen-bond acceptors (Lipinski definition) is 3. The molecule has 1 aromatic heterocycles. The molecule has 1 heterocycles. The largest absolute Gasteiger partial charge is 0.497 e. The lowest BCUT2D eigenvalue weighted by atomic mass is 10.2. The minimum Gasteiger partial charge on any atom is -0.497 e. The van der Waals surface area contributed by atoms with E-state index in [1.54, 1.807) is 24.1 Å². The van der Waals surface area contributed by atoms with E-state index in [1.807, 2.05) is 13.1 Å². The van der Waals surface area contributed by atoms with E-state index in [0.717, 1.165) is 16.7 Å². The van der Waals surface area contributed by atoms with Crippen LogP contribution in [0.2, 0.25) is 0 Å². The van der Waals surface area contributed by atoms with Crippen molar-refractivity contribution in [3.63, 3.8) is 0 Å². The fourth-order valence-corrected chi connectivity index (χ4v) is 1.45. The van der Waals surface area contributed by atoms with Gasteiger partial charge in [-0.3, -0.25) is 4.68 Å². The van der Waals surface area contributed by atoms with E-state index >= 15 is 0 Å². The molecule has 0 atom stereocenters. The fourth-order valence-electron chi connectivity index (χ4n) is 1.45. The first-order chi connectivity index (χ1) is 6.22. The summed E-state index contributed by atoms with van der Waals surface area (Å²) in [5, 5.41) is 5.11. The first-order valence-electron chi connectivity index (χ1n) is 3.97. The summed E-state index contributed by atoms with van der Waals surface area (Å²) in [5.41, 5.74) is 7.47. The van der Waals surface area contributed by atoms with Crippen LogP contribution in [0.4, 0.5) is 5.69 Å². The van der Waals surface area contributed by atoms with E-state index in [4.69, 9.17) is 10.5 Å². The van der Waals surface area contributed by atoms with Crippen molar-refractivity contribution in [1.82, 2.24) is 9.78 Å². The van der Waals surface area contributed by atoms with E-state index in [9.17, 15) is 0 Å². The lowest BCUT2D eigenvalue weighted by Crippen LogP contribution is -1.95. The standard InChI is InChI=1S/C9H11N3O/c1-12-9-6(5-11-12)3-7(13-2)4-8(9)10/h3-5H,10H2,1-2H3. The first-order valence-corrected chi connectivity index (χ1v) is 3.97. The molecular weight excluding hydrogens is 166 g/mol. The van der Waals surface area contributed by atoms with Crippen molar-refractivity contribution in [2.24, 2.45) is 7.05 Å². The molecule has 4 heteroatoms. The number of fused-ring (bicyclic) bond motifs is 1. The van der Waals surface area contributed by atoms with Crippen LogP contribution >= 0.6 is 0 Å². The fraction of sp³-hybridized carbons (Fsp3) is 0.222. The summed E-state index contributed by atoms with van der Waals surface area (Å²) < 4.78 is 6.85. The number of aromatic nitrogens is 2. The van der Waals surface area contributed by atoms with Crippen LogP contribution in [0.15, 0.2) is 18.3 Å². The van der Waals surface area contributed by atoms with Crippen molar-refractivity contribution in [2.45, 2.75) is 0 Å². The van der Waals surface area contributed by atoms with Gasteiger partial charge in [0, 0.05) is 18.5 Å². The van der Waals surface area contributed by atoms with Crippen LogP contribution < -0.4 is 10.5 Å². The van der Waals surface area contributed by atoms with Gasteiger partial charge in [-0.15, -0.1) is 0 Å². The van der Waals surface area contributed by atoms with Gasteiger partial charge in [0.05, 0.1) is 24.5 Å². The molecule has 13 heavy (non-hydrogen) atoms. The maximum Gasteiger partial charge on any atom is 0.121 e. The zero-order valence-corrected chi connectivity index (χ0v) is 7.61. The molecule has 2 rings (SSSR count). The summed E-state index contributed by atoms with van der Waals surface area (Å²) in [4.78, 5) is 0. The number of ether oxygens (including phenoxy) is 1. The van der Waals surface area contributed by atoms with Crippen molar-refractivity contribution >= 4 is 16.6 Å². The second kappa shape index (κ2) is 2.65. The Labute approximate surface area is 75.9 Å². The third-order valence-corrected chi connectivity index (χ3v) is 2.07. The van der Waals surface area contributed by atoms with Gasteiger partial charge in [-0.1, -0.05) is 0 Å². The lowest BCUT2D eigenvalue weighted by molar-refractivity contribution is 0.415. The number of aryl methyl sites for hydroxylation is 1. The van der Waals surface area contributed by atoms with Crippen LogP contribution in [-0.4, -0.2) is 16.9 Å². The van der Waals surface area contributed by atoms with Gasteiger partial charge >= 0.3 is 0 Å². The summed E-state index contributed by atoms with van der Waals surface area (Å²) in [5.74, 6) is 0.762. The van der Waals surface area contributed by atoms with Crippen molar-refractivity contribution < 1.29 is 4.74 Å². The summed E-state index contributed by atoms with van der Waals surface area (Å²) in [6.45, 7) is 0. The number of anilines is 1. The molecule has 0 fully saturated rings. The minimum absolute atomic E-state index is 0.689. The summed E-state index contributed by atoms with van der Waals surface area (Å²) in [7, 11) is 3.49. The Bertz CT molecular complexity index is 447. The first kappa shape index (κ1) is 7.91. The monoisotopic (exact) mass is 177 g/mol. The Hall–Kier alpha value is -1.71. The Balaban J connectivity index is 2.79. The van der Waals surface area contributed by atoms with Gasteiger partial charge in [-0.25, -0.2) is 0 Å². The third kappa shape index (κ3) is 1.11.